The van der Waals surface area contributed by atoms with Gasteiger partial charge in [-0.25, -0.2) is 0 Å². The van der Waals surface area contributed by atoms with E-state index in [2.05, 4.69) is 54.6 Å². The van der Waals surface area contributed by atoms with Crippen molar-refractivity contribution in [2.24, 2.45) is 0 Å². The molecule has 1 aromatic heterocycles. The number of hydrogen-bond donors (Lipinski definition) is 1. The quantitative estimate of drug-likeness (QED) is 0.868. The molecule has 0 amide bonds. The average Bonchev–Trinajstić information content (AvgIpc) is 2.93. The molecule has 1 N–H and O–H groups in total. The predicted molar refractivity (Wildman–Crippen MR) is 83.8 cm³/mol. The fourth-order valence-electron chi connectivity index (χ4n) is 3.06. The topological polar surface area (TPSA) is 29.9 Å². The molecule has 0 bridgehead atoms. The number of thioether (sulfide) groups is 1. The van der Waals surface area contributed by atoms with Gasteiger partial charge in [0.1, 0.15) is 0 Å². The Morgan fingerprint density at radius 2 is 2.11 bits per heavy atom. The largest absolute Gasteiger partial charge is 0.310 e. The van der Waals surface area contributed by atoms with E-state index in [9.17, 15) is 0 Å². The molecule has 0 spiro atoms. The second-order valence-corrected chi connectivity index (χ2v) is 7.01. The van der Waals surface area contributed by atoms with Crippen molar-refractivity contribution in [3.05, 3.63) is 17.0 Å². The molecule has 1 aliphatic rings. The third kappa shape index (κ3) is 3.54. The third-order valence-corrected chi connectivity index (χ3v) is 5.42. The SMILES string of the molecule is CCS[C@@H]1CC[C@H](NCc2c(C)nn(CC)c2C)C1. The first-order valence-electron chi connectivity index (χ1n) is 7.53. The first kappa shape index (κ1) is 14.9. The summed E-state index contributed by atoms with van der Waals surface area (Å²) < 4.78 is 2.11. The van der Waals surface area contributed by atoms with E-state index >= 15 is 0 Å². The first-order valence-corrected chi connectivity index (χ1v) is 8.58. The van der Waals surface area contributed by atoms with Crippen molar-refractivity contribution in [3.63, 3.8) is 0 Å². The molecule has 3 nitrogen and oxygen atoms in total. The average molecular weight is 281 g/mol. The Labute approximate surface area is 121 Å². The van der Waals surface area contributed by atoms with E-state index in [1.165, 1.54) is 42.0 Å². The lowest BCUT2D eigenvalue weighted by molar-refractivity contribution is 0.522. The number of nitrogens with zero attached hydrogens (tertiary/aromatic N) is 2. The smallest absolute Gasteiger partial charge is 0.0641 e. The van der Waals surface area contributed by atoms with Crippen LogP contribution >= 0.6 is 11.8 Å². The highest BCUT2D eigenvalue weighted by Crippen LogP contribution is 2.30. The van der Waals surface area contributed by atoms with Gasteiger partial charge in [-0.3, -0.25) is 4.68 Å². The number of nitrogens with one attached hydrogen (secondary N) is 1. The number of aryl methyl sites for hydroxylation is 2. The number of aromatic nitrogens is 2. The number of hydrogen-bond acceptors (Lipinski definition) is 3. The molecule has 0 saturated heterocycles. The van der Waals surface area contributed by atoms with Gasteiger partial charge in [0.15, 0.2) is 0 Å². The Morgan fingerprint density at radius 1 is 1.32 bits per heavy atom. The summed E-state index contributed by atoms with van der Waals surface area (Å²) >= 11 is 2.12. The summed E-state index contributed by atoms with van der Waals surface area (Å²) in [6, 6.07) is 0.702. The second-order valence-electron chi connectivity index (χ2n) is 5.43. The molecule has 19 heavy (non-hydrogen) atoms. The molecule has 0 aliphatic heterocycles. The van der Waals surface area contributed by atoms with Gasteiger partial charge >= 0.3 is 0 Å². The molecule has 4 heteroatoms. The zero-order chi connectivity index (χ0) is 13.8. The van der Waals surface area contributed by atoms with Crippen LogP contribution in [0.15, 0.2) is 0 Å². The van der Waals surface area contributed by atoms with Gasteiger partial charge in [-0.2, -0.15) is 16.9 Å². The molecule has 0 radical (unpaired) electrons. The summed E-state index contributed by atoms with van der Waals surface area (Å²) in [5, 5.41) is 9.21. The molecule has 1 aromatic rings. The summed E-state index contributed by atoms with van der Waals surface area (Å²) in [6.07, 6.45) is 4.04. The minimum atomic E-state index is 0.702. The van der Waals surface area contributed by atoms with Crippen LogP contribution in [0.1, 0.15) is 50.1 Å². The van der Waals surface area contributed by atoms with Crippen LogP contribution in [-0.4, -0.2) is 26.8 Å². The fraction of sp³-hybridized carbons (Fsp3) is 0.800. The summed E-state index contributed by atoms with van der Waals surface area (Å²) in [7, 11) is 0. The minimum Gasteiger partial charge on any atom is -0.310 e. The van der Waals surface area contributed by atoms with Crippen molar-refractivity contribution in [3.8, 4) is 0 Å². The van der Waals surface area contributed by atoms with Gasteiger partial charge in [0.05, 0.1) is 5.69 Å². The Morgan fingerprint density at radius 3 is 2.74 bits per heavy atom. The van der Waals surface area contributed by atoms with Crippen LogP contribution in [-0.2, 0) is 13.1 Å². The van der Waals surface area contributed by atoms with Crippen molar-refractivity contribution in [2.75, 3.05) is 5.75 Å². The summed E-state index contributed by atoms with van der Waals surface area (Å²) in [6.45, 7) is 10.7. The molecule has 2 rings (SSSR count). The third-order valence-electron chi connectivity index (χ3n) is 4.19. The van der Waals surface area contributed by atoms with Gasteiger partial charge < -0.3 is 5.32 Å². The summed E-state index contributed by atoms with van der Waals surface area (Å²) in [5.41, 5.74) is 3.91. The summed E-state index contributed by atoms with van der Waals surface area (Å²) in [4.78, 5) is 0. The van der Waals surface area contributed by atoms with Crippen molar-refractivity contribution >= 4 is 11.8 Å². The van der Waals surface area contributed by atoms with E-state index in [1.54, 1.807) is 0 Å². The molecule has 1 heterocycles. The monoisotopic (exact) mass is 281 g/mol. The van der Waals surface area contributed by atoms with Gasteiger partial charge in [-0.1, -0.05) is 6.92 Å². The van der Waals surface area contributed by atoms with Crippen LogP contribution in [0.2, 0.25) is 0 Å². The van der Waals surface area contributed by atoms with Crippen molar-refractivity contribution in [2.45, 2.75) is 71.3 Å². The van der Waals surface area contributed by atoms with E-state index in [0.29, 0.717) is 6.04 Å². The Balaban J connectivity index is 1.88. The normalized spacial score (nSPS) is 23.2. The van der Waals surface area contributed by atoms with Crippen LogP contribution in [0.5, 0.6) is 0 Å². The van der Waals surface area contributed by atoms with Gasteiger partial charge in [0, 0.05) is 35.6 Å². The van der Waals surface area contributed by atoms with Crippen LogP contribution in [0, 0.1) is 13.8 Å². The van der Waals surface area contributed by atoms with Crippen LogP contribution in [0.3, 0.4) is 0 Å². The lowest BCUT2D eigenvalue weighted by Crippen LogP contribution is -2.26. The van der Waals surface area contributed by atoms with Crippen LogP contribution in [0.25, 0.3) is 0 Å². The molecule has 108 valence electrons. The highest BCUT2D eigenvalue weighted by molar-refractivity contribution is 7.99. The van der Waals surface area contributed by atoms with E-state index in [4.69, 9.17) is 0 Å². The molecule has 2 atom stereocenters. The lowest BCUT2D eigenvalue weighted by Gasteiger charge is -2.13. The Kier molecular flexibility index (Phi) is 5.34. The van der Waals surface area contributed by atoms with Gasteiger partial charge in [0.25, 0.3) is 0 Å². The van der Waals surface area contributed by atoms with Crippen molar-refractivity contribution < 1.29 is 0 Å². The summed E-state index contributed by atoms with van der Waals surface area (Å²) in [5.74, 6) is 1.25. The zero-order valence-corrected chi connectivity index (χ0v) is 13.5. The Bertz CT molecular complexity index is 414. The lowest BCUT2D eigenvalue weighted by atomic mass is 10.1. The highest BCUT2D eigenvalue weighted by atomic mass is 32.2. The first-order chi connectivity index (χ1) is 9.15. The molecule has 1 saturated carbocycles. The van der Waals surface area contributed by atoms with Gasteiger partial charge in [0.2, 0.25) is 0 Å². The molecular weight excluding hydrogens is 254 g/mol. The fourth-order valence-corrected chi connectivity index (χ4v) is 4.20. The van der Waals surface area contributed by atoms with E-state index in [1.807, 2.05) is 0 Å². The van der Waals surface area contributed by atoms with Crippen LogP contribution < -0.4 is 5.32 Å². The zero-order valence-electron chi connectivity index (χ0n) is 12.7. The molecule has 0 aromatic carbocycles. The molecular formula is C15H27N3S. The maximum absolute atomic E-state index is 4.59. The van der Waals surface area contributed by atoms with Crippen molar-refractivity contribution in [1.29, 1.82) is 0 Å². The molecule has 0 unspecified atom stereocenters. The van der Waals surface area contributed by atoms with Crippen LogP contribution in [0.4, 0.5) is 0 Å². The van der Waals surface area contributed by atoms with Crippen molar-refractivity contribution in [1.82, 2.24) is 15.1 Å². The standard InChI is InChI=1S/C15H27N3S/c1-5-18-12(4)15(11(3)17-18)10-16-13-7-8-14(9-13)19-6-2/h13-14,16H,5-10H2,1-4H3/t13-,14+/m0/s1. The van der Waals surface area contributed by atoms with E-state index < -0.39 is 0 Å². The minimum absolute atomic E-state index is 0.702. The maximum atomic E-state index is 4.59. The number of rotatable bonds is 6. The maximum Gasteiger partial charge on any atom is 0.0641 e. The Hall–Kier alpha value is -0.480. The van der Waals surface area contributed by atoms with E-state index in [-0.39, 0.29) is 0 Å². The van der Waals surface area contributed by atoms with Gasteiger partial charge in [-0.05, 0) is 45.8 Å². The predicted octanol–water partition coefficient (Wildman–Crippen LogP) is 3.28. The van der Waals surface area contributed by atoms with E-state index in [0.717, 1.165) is 18.3 Å². The van der Waals surface area contributed by atoms with Gasteiger partial charge in [-0.15, -0.1) is 0 Å². The second kappa shape index (κ2) is 6.80. The molecule has 1 aliphatic carbocycles. The highest BCUT2D eigenvalue weighted by Gasteiger charge is 2.24. The molecule has 1 fully saturated rings.